The van der Waals surface area contributed by atoms with Gasteiger partial charge < -0.3 is 14.4 Å². The van der Waals surface area contributed by atoms with Crippen molar-refractivity contribution in [2.24, 2.45) is 7.05 Å². The highest BCUT2D eigenvalue weighted by atomic mass is 32.2. The summed E-state index contributed by atoms with van der Waals surface area (Å²) < 4.78 is 1.69. The van der Waals surface area contributed by atoms with Gasteiger partial charge in [-0.2, -0.15) is 0 Å². The average Bonchev–Trinajstić information content (AvgIpc) is 3.19. The summed E-state index contributed by atoms with van der Waals surface area (Å²) in [5.41, 5.74) is 1.51. The highest BCUT2D eigenvalue weighted by Crippen LogP contribution is 2.34. The van der Waals surface area contributed by atoms with Crippen molar-refractivity contribution in [1.29, 1.82) is 0 Å². The molecule has 2 heterocycles. The lowest BCUT2D eigenvalue weighted by Crippen LogP contribution is -3.13. The molecular formula is C21H23N6O3S+. The van der Waals surface area contributed by atoms with Gasteiger partial charge in [0.05, 0.1) is 36.0 Å². The molecule has 0 atom stereocenters. The number of nitrogens with zero attached hydrogens (tertiary/aromatic N) is 5. The van der Waals surface area contributed by atoms with E-state index in [4.69, 9.17) is 0 Å². The standard InChI is InChI=1S/C21H22N6O3S/c1-24-15-22-23-21(24)31-19-8-7-17(13-18(19)27(29)30)20(28)26-11-9-25(10-12-26)14-16-5-3-2-4-6-16/h2-8,13,15H,9-12,14H2,1H3/p+1. The Morgan fingerprint density at radius 2 is 1.94 bits per heavy atom. The Morgan fingerprint density at radius 3 is 2.58 bits per heavy atom. The second-order valence-electron chi connectivity index (χ2n) is 7.47. The van der Waals surface area contributed by atoms with Gasteiger partial charge in [-0.1, -0.05) is 30.3 Å². The van der Waals surface area contributed by atoms with Crippen LogP contribution in [0.4, 0.5) is 5.69 Å². The molecule has 0 aliphatic carbocycles. The van der Waals surface area contributed by atoms with Gasteiger partial charge in [0.1, 0.15) is 12.9 Å². The molecule has 160 valence electrons. The van der Waals surface area contributed by atoms with Crippen LogP contribution >= 0.6 is 11.8 Å². The molecule has 1 aliphatic heterocycles. The third kappa shape index (κ3) is 4.92. The van der Waals surface area contributed by atoms with Crippen molar-refractivity contribution in [1.82, 2.24) is 19.7 Å². The smallest absolute Gasteiger partial charge is 0.284 e. The second-order valence-corrected chi connectivity index (χ2v) is 8.48. The van der Waals surface area contributed by atoms with Crippen LogP contribution in [0, 0.1) is 10.1 Å². The van der Waals surface area contributed by atoms with E-state index in [-0.39, 0.29) is 11.6 Å². The lowest BCUT2D eigenvalue weighted by Gasteiger charge is -2.32. The van der Waals surface area contributed by atoms with Crippen LogP contribution in [0.2, 0.25) is 0 Å². The third-order valence-corrected chi connectivity index (χ3v) is 6.45. The zero-order valence-corrected chi connectivity index (χ0v) is 17.9. The Hall–Kier alpha value is -3.24. The predicted molar refractivity (Wildman–Crippen MR) is 115 cm³/mol. The minimum Gasteiger partial charge on any atom is -0.328 e. The average molecular weight is 440 g/mol. The van der Waals surface area contributed by atoms with Crippen molar-refractivity contribution < 1.29 is 14.6 Å². The molecule has 3 aromatic rings. The Balaban J connectivity index is 1.43. The maximum atomic E-state index is 13.0. The number of rotatable bonds is 6. The van der Waals surface area contributed by atoms with E-state index in [9.17, 15) is 14.9 Å². The van der Waals surface area contributed by atoms with Gasteiger partial charge in [-0.05, 0) is 23.9 Å². The Labute approximate surface area is 183 Å². The van der Waals surface area contributed by atoms with Crippen LogP contribution in [-0.2, 0) is 13.6 Å². The molecular weight excluding hydrogens is 416 g/mol. The first kappa shape index (κ1) is 21.0. The predicted octanol–water partition coefficient (Wildman–Crippen LogP) is 1.42. The lowest BCUT2D eigenvalue weighted by molar-refractivity contribution is -0.917. The Bertz CT molecular complexity index is 1080. The van der Waals surface area contributed by atoms with Gasteiger partial charge in [-0.3, -0.25) is 14.9 Å². The largest absolute Gasteiger partial charge is 0.328 e. The Kier molecular flexibility index (Phi) is 6.28. The number of amides is 1. The topological polar surface area (TPSA) is 98.6 Å². The first-order chi connectivity index (χ1) is 15.0. The summed E-state index contributed by atoms with van der Waals surface area (Å²) in [4.78, 5) is 27.8. The van der Waals surface area contributed by atoms with Gasteiger partial charge in [0, 0.05) is 24.2 Å². The van der Waals surface area contributed by atoms with Crippen molar-refractivity contribution >= 4 is 23.4 Å². The van der Waals surface area contributed by atoms with E-state index in [1.807, 2.05) is 18.2 Å². The van der Waals surface area contributed by atoms with Crippen LogP contribution in [-0.4, -0.2) is 56.7 Å². The molecule has 9 nitrogen and oxygen atoms in total. The highest BCUT2D eigenvalue weighted by molar-refractivity contribution is 7.99. The van der Waals surface area contributed by atoms with E-state index in [1.54, 1.807) is 28.6 Å². The van der Waals surface area contributed by atoms with E-state index < -0.39 is 4.92 Å². The summed E-state index contributed by atoms with van der Waals surface area (Å²) in [5.74, 6) is -0.169. The molecule has 1 N–H and O–H groups in total. The minimum absolute atomic E-state index is 0.104. The monoisotopic (exact) mass is 439 g/mol. The number of hydrogen-bond donors (Lipinski definition) is 1. The molecule has 0 unspecified atom stereocenters. The second kappa shape index (κ2) is 9.27. The molecule has 0 radical (unpaired) electrons. The van der Waals surface area contributed by atoms with Crippen molar-refractivity contribution in [2.45, 2.75) is 16.6 Å². The first-order valence-corrected chi connectivity index (χ1v) is 10.8. The molecule has 1 aliphatic rings. The van der Waals surface area contributed by atoms with Gasteiger partial charge in [0.25, 0.3) is 11.6 Å². The molecule has 1 amide bonds. The minimum atomic E-state index is -0.461. The maximum absolute atomic E-state index is 13.0. The molecule has 4 rings (SSSR count). The quantitative estimate of drug-likeness (QED) is 0.461. The molecule has 1 saturated heterocycles. The SMILES string of the molecule is Cn1cnnc1Sc1ccc(C(=O)N2CC[NH+](Cc3ccccc3)CC2)cc1[N+](=O)[O-]. The van der Waals surface area contributed by atoms with Crippen molar-refractivity contribution in [3.05, 3.63) is 76.1 Å². The van der Waals surface area contributed by atoms with Crippen molar-refractivity contribution in [2.75, 3.05) is 26.2 Å². The fourth-order valence-electron chi connectivity index (χ4n) is 3.61. The zero-order chi connectivity index (χ0) is 21.8. The fraction of sp³-hybridized carbons (Fsp3) is 0.286. The van der Waals surface area contributed by atoms with E-state index in [0.29, 0.717) is 28.7 Å². The molecule has 2 aromatic carbocycles. The maximum Gasteiger partial charge on any atom is 0.284 e. The van der Waals surface area contributed by atoms with Crippen LogP contribution < -0.4 is 4.90 Å². The van der Waals surface area contributed by atoms with Crippen LogP contribution in [0.25, 0.3) is 0 Å². The van der Waals surface area contributed by atoms with E-state index in [0.717, 1.165) is 31.4 Å². The van der Waals surface area contributed by atoms with E-state index in [1.165, 1.54) is 22.9 Å². The fourth-order valence-corrected chi connectivity index (χ4v) is 4.46. The van der Waals surface area contributed by atoms with Crippen molar-refractivity contribution in [3.63, 3.8) is 0 Å². The molecule has 0 bridgehead atoms. The number of hydrogen-bond acceptors (Lipinski definition) is 6. The molecule has 0 saturated carbocycles. The molecule has 1 fully saturated rings. The number of benzene rings is 2. The number of nitro benzene ring substituents is 1. The number of nitro groups is 1. The van der Waals surface area contributed by atoms with Crippen LogP contribution in [0.5, 0.6) is 0 Å². The van der Waals surface area contributed by atoms with E-state index in [2.05, 4.69) is 22.3 Å². The molecule has 0 spiro atoms. The van der Waals surface area contributed by atoms with Gasteiger partial charge in [-0.25, -0.2) is 0 Å². The third-order valence-electron chi connectivity index (χ3n) is 5.33. The molecule has 10 heteroatoms. The van der Waals surface area contributed by atoms with Crippen LogP contribution in [0.3, 0.4) is 0 Å². The number of aromatic nitrogens is 3. The van der Waals surface area contributed by atoms with Gasteiger partial charge in [0.15, 0.2) is 5.16 Å². The van der Waals surface area contributed by atoms with Gasteiger partial charge in [-0.15, -0.1) is 10.2 Å². The summed E-state index contributed by atoms with van der Waals surface area (Å²) in [5, 5.41) is 19.9. The summed E-state index contributed by atoms with van der Waals surface area (Å²) in [6.45, 7) is 3.89. The zero-order valence-electron chi connectivity index (χ0n) is 17.1. The Morgan fingerprint density at radius 1 is 1.19 bits per heavy atom. The first-order valence-electron chi connectivity index (χ1n) is 9.98. The molecule has 31 heavy (non-hydrogen) atoms. The number of piperazine rings is 1. The number of carbonyl (C=O) groups is 1. The van der Waals surface area contributed by atoms with Crippen molar-refractivity contribution in [3.8, 4) is 0 Å². The summed E-state index contributed by atoms with van der Waals surface area (Å²) >= 11 is 1.15. The van der Waals surface area contributed by atoms with Crippen LogP contribution in [0.1, 0.15) is 15.9 Å². The van der Waals surface area contributed by atoms with Crippen LogP contribution in [0.15, 0.2) is 64.9 Å². The highest BCUT2D eigenvalue weighted by Gasteiger charge is 2.27. The summed E-state index contributed by atoms with van der Waals surface area (Å²) in [6, 6.07) is 14.9. The number of nitrogens with one attached hydrogen (secondary N) is 1. The number of aryl methyl sites for hydroxylation is 1. The summed E-state index contributed by atoms with van der Waals surface area (Å²) in [7, 11) is 1.77. The molecule has 1 aromatic heterocycles. The number of quaternary nitrogens is 1. The summed E-state index contributed by atoms with van der Waals surface area (Å²) in [6.07, 6.45) is 1.53. The van der Waals surface area contributed by atoms with Gasteiger partial charge >= 0.3 is 0 Å². The van der Waals surface area contributed by atoms with E-state index >= 15 is 0 Å². The number of carbonyl (C=O) groups excluding carboxylic acids is 1. The lowest BCUT2D eigenvalue weighted by atomic mass is 10.1. The van der Waals surface area contributed by atoms with Gasteiger partial charge in [0.2, 0.25) is 0 Å². The normalized spacial score (nSPS) is 14.5.